The van der Waals surface area contributed by atoms with Crippen molar-refractivity contribution in [3.8, 4) is 5.75 Å². The van der Waals surface area contributed by atoms with E-state index in [0.29, 0.717) is 32.0 Å². The van der Waals surface area contributed by atoms with Crippen LogP contribution in [0.15, 0.2) is 36.5 Å². The number of hydrogen-bond acceptors (Lipinski definition) is 3. The summed E-state index contributed by atoms with van der Waals surface area (Å²) < 4.78 is 43.7. The number of rotatable bonds is 4. The van der Waals surface area contributed by atoms with Gasteiger partial charge in [-0.1, -0.05) is 18.2 Å². The number of para-hydroxylation sites is 1. The molecule has 8 heteroatoms. The van der Waals surface area contributed by atoms with E-state index in [2.05, 4.69) is 4.98 Å². The number of pyridine rings is 1. The summed E-state index contributed by atoms with van der Waals surface area (Å²) in [6.45, 7) is 5.90. The molecule has 0 spiro atoms. The predicted octanol–water partition coefficient (Wildman–Crippen LogP) is 2.86. The SMILES string of the molecule is Cc1cccc(C)c1OCC(=O)N1CCN(c2ccc(C(F)(F)F)c[nH+]2)CC1. The normalized spacial score (nSPS) is 14.9. The van der Waals surface area contributed by atoms with Crippen LogP contribution in [-0.4, -0.2) is 43.6 Å². The number of hydrogen-bond donors (Lipinski definition) is 0. The van der Waals surface area contributed by atoms with E-state index in [1.54, 1.807) is 4.90 Å². The van der Waals surface area contributed by atoms with Crippen molar-refractivity contribution in [3.05, 3.63) is 53.2 Å². The second-order valence-corrected chi connectivity index (χ2v) is 6.84. The number of nitrogens with zero attached hydrogens (tertiary/aromatic N) is 2. The number of ether oxygens (including phenoxy) is 1. The number of H-pyrrole nitrogens is 1. The van der Waals surface area contributed by atoms with Gasteiger partial charge in [-0.25, -0.2) is 4.98 Å². The molecule has 1 saturated heterocycles. The minimum atomic E-state index is -4.37. The Hall–Kier alpha value is -2.77. The predicted molar refractivity (Wildman–Crippen MR) is 98.2 cm³/mol. The molecule has 28 heavy (non-hydrogen) atoms. The number of halogens is 3. The fourth-order valence-electron chi connectivity index (χ4n) is 3.24. The topological polar surface area (TPSA) is 46.9 Å². The van der Waals surface area contributed by atoms with Gasteiger partial charge in [0, 0.05) is 6.07 Å². The van der Waals surface area contributed by atoms with Crippen molar-refractivity contribution in [1.82, 2.24) is 4.90 Å². The van der Waals surface area contributed by atoms with Crippen LogP contribution >= 0.6 is 0 Å². The summed E-state index contributed by atoms with van der Waals surface area (Å²) in [6, 6.07) is 8.29. The van der Waals surface area contributed by atoms with Gasteiger partial charge < -0.3 is 9.64 Å². The van der Waals surface area contributed by atoms with Gasteiger partial charge in [0.25, 0.3) is 11.7 Å². The minimum Gasteiger partial charge on any atom is -0.483 e. The standard InChI is InChI=1S/C20H22F3N3O2/c1-14-4-3-5-15(2)19(14)28-13-18(27)26-10-8-25(9-11-26)17-7-6-16(12-24-17)20(21,22)23/h3-7,12H,8-11,13H2,1-2H3/p+1. The summed E-state index contributed by atoms with van der Waals surface area (Å²) in [6.07, 6.45) is -3.40. The lowest BCUT2D eigenvalue weighted by atomic mass is 10.1. The van der Waals surface area contributed by atoms with E-state index in [0.717, 1.165) is 29.1 Å². The Morgan fingerprint density at radius 1 is 1.07 bits per heavy atom. The molecule has 1 aromatic heterocycles. The molecule has 1 N–H and O–H groups in total. The van der Waals surface area contributed by atoms with Gasteiger partial charge in [-0.05, 0) is 31.0 Å². The number of carbonyl (C=O) groups is 1. The highest BCUT2D eigenvalue weighted by molar-refractivity contribution is 5.78. The van der Waals surface area contributed by atoms with Crippen LogP contribution in [0.25, 0.3) is 0 Å². The summed E-state index contributed by atoms with van der Waals surface area (Å²) in [5, 5.41) is 0. The van der Waals surface area contributed by atoms with E-state index in [1.807, 2.05) is 36.9 Å². The van der Waals surface area contributed by atoms with Crippen LogP contribution < -0.4 is 14.6 Å². The maximum absolute atomic E-state index is 12.7. The Morgan fingerprint density at radius 3 is 2.25 bits per heavy atom. The molecule has 0 radical (unpaired) electrons. The largest absolute Gasteiger partial charge is 0.483 e. The molecule has 1 aromatic carbocycles. The molecule has 1 fully saturated rings. The van der Waals surface area contributed by atoms with Crippen molar-refractivity contribution >= 4 is 11.7 Å². The number of carbonyl (C=O) groups excluding carboxylic acids is 1. The van der Waals surface area contributed by atoms with Crippen LogP contribution in [0, 0.1) is 13.8 Å². The van der Waals surface area contributed by atoms with Gasteiger partial charge in [-0.15, -0.1) is 0 Å². The first-order valence-electron chi connectivity index (χ1n) is 9.06. The summed E-state index contributed by atoms with van der Waals surface area (Å²) in [4.78, 5) is 18.8. The Morgan fingerprint density at radius 2 is 1.71 bits per heavy atom. The third kappa shape index (κ3) is 4.55. The number of alkyl halides is 3. The fourth-order valence-corrected chi connectivity index (χ4v) is 3.24. The summed E-state index contributed by atoms with van der Waals surface area (Å²) in [7, 11) is 0. The molecule has 5 nitrogen and oxygen atoms in total. The van der Waals surface area contributed by atoms with Crippen molar-refractivity contribution in [3.63, 3.8) is 0 Å². The first kappa shape index (κ1) is 20.0. The van der Waals surface area contributed by atoms with Crippen LogP contribution in [0.1, 0.15) is 16.7 Å². The van der Waals surface area contributed by atoms with Crippen LogP contribution in [0.5, 0.6) is 5.75 Å². The number of benzene rings is 1. The number of nitrogens with one attached hydrogen (secondary N) is 1. The van der Waals surface area contributed by atoms with E-state index in [-0.39, 0.29) is 12.5 Å². The maximum Gasteiger partial charge on any atom is 0.419 e. The first-order valence-corrected chi connectivity index (χ1v) is 9.06. The zero-order chi connectivity index (χ0) is 20.3. The minimum absolute atomic E-state index is 0.0297. The second kappa shape index (κ2) is 8.08. The molecule has 2 heterocycles. The van der Waals surface area contributed by atoms with Gasteiger partial charge >= 0.3 is 6.18 Å². The van der Waals surface area contributed by atoms with E-state index in [1.165, 1.54) is 6.07 Å². The van der Waals surface area contributed by atoms with Gasteiger partial charge in [0.2, 0.25) is 0 Å². The third-order valence-electron chi connectivity index (χ3n) is 4.85. The molecule has 1 aliphatic heterocycles. The van der Waals surface area contributed by atoms with Crippen LogP contribution in [-0.2, 0) is 11.0 Å². The molecule has 0 saturated carbocycles. The Labute approximate surface area is 161 Å². The molecule has 0 aliphatic carbocycles. The van der Waals surface area contributed by atoms with Gasteiger partial charge in [0.15, 0.2) is 6.61 Å². The van der Waals surface area contributed by atoms with Crippen molar-refractivity contribution < 1.29 is 27.7 Å². The lowest BCUT2D eigenvalue weighted by molar-refractivity contribution is -0.367. The monoisotopic (exact) mass is 394 g/mol. The highest BCUT2D eigenvalue weighted by Crippen LogP contribution is 2.28. The first-order chi connectivity index (χ1) is 13.3. The average molecular weight is 394 g/mol. The Balaban J connectivity index is 1.53. The number of aromatic nitrogens is 1. The van der Waals surface area contributed by atoms with Crippen molar-refractivity contribution in [2.24, 2.45) is 0 Å². The van der Waals surface area contributed by atoms with Gasteiger partial charge in [-0.2, -0.15) is 13.2 Å². The lowest BCUT2D eigenvalue weighted by Gasteiger charge is -2.31. The number of amides is 1. The van der Waals surface area contributed by atoms with E-state index < -0.39 is 11.7 Å². The molecule has 150 valence electrons. The van der Waals surface area contributed by atoms with Crippen molar-refractivity contribution in [2.75, 3.05) is 37.7 Å². The maximum atomic E-state index is 12.7. The van der Waals surface area contributed by atoms with E-state index >= 15 is 0 Å². The van der Waals surface area contributed by atoms with Crippen molar-refractivity contribution in [1.29, 1.82) is 0 Å². The molecule has 1 aliphatic rings. The summed E-state index contributed by atoms with van der Waals surface area (Å²) in [5.74, 6) is 1.24. The molecule has 0 bridgehead atoms. The van der Waals surface area contributed by atoms with E-state index in [9.17, 15) is 18.0 Å². The number of aromatic amines is 1. The van der Waals surface area contributed by atoms with Crippen molar-refractivity contribution in [2.45, 2.75) is 20.0 Å². The molecule has 0 atom stereocenters. The molecule has 2 aromatic rings. The highest BCUT2D eigenvalue weighted by Gasteiger charge is 2.33. The molecular weight excluding hydrogens is 371 g/mol. The highest BCUT2D eigenvalue weighted by atomic mass is 19.4. The molecular formula is C20H23F3N3O2+. The quantitative estimate of drug-likeness (QED) is 0.801. The number of piperazine rings is 1. The lowest BCUT2D eigenvalue weighted by Crippen LogP contribution is -2.51. The van der Waals surface area contributed by atoms with Crippen LogP contribution in [0.2, 0.25) is 0 Å². The zero-order valence-electron chi connectivity index (χ0n) is 15.8. The zero-order valence-corrected chi connectivity index (χ0v) is 15.8. The average Bonchev–Trinajstić information content (AvgIpc) is 2.67. The van der Waals surface area contributed by atoms with Crippen LogP contribution in [0.3, 0.4) is 0 Å². The van der Waals surface area contributed by atoms with E-state index in [4.69, 9.17) is 4.74 Å². The number of anilines is 1. The van der Waals surface area contributed by atoms with Gasteiger partial charge in [-0.3, -0.25) is 9.69 Å². The molecule has 0 unspecified atom stereocenters. The second-order valence-electron chi connectivity index (χ2n) is 6.84. The molecule has 3 rings (SSSR count). The van der Waals surface area contributed by atoms with Gasteiger partial charge in [0.05, 0.1) is 18.7 Å². The summed E-state index contributed by atoms with van der Waals surface area (Å²) >= 11 is 0. The van der Waals surface area contributed by atoms with Gasteiger partial charge in [0.1, 0.15) is 25.0 Å². The smallest absolute Gasteiger partial charge is 0.419 e. The summed E-state index contributed by atoms with van der Waals surface area (Å²) in [5.41, 5.74) is 1.25. The molecule has 1 amide bonds. The van der Waals surface area contributed by atoms with Crippen LogP contribution in [0.4, 0.5) is 19.0 Å². The number of aryl methyl sites for hydroxylation is 2. The Kier molecular flexibility index (Phi) is 5.76. The Bertz CT molecular complexity index is 809. The fraction of sp³-hybridized carbons (Fsp3) is 0.400. The third-order valence-corrected chi connectivity index (χ3v) is 4.85.